The highest BCUT2D eigenvalue weighted by molar-refractivity contribution is 5.83. The number of carbonyl (C=O) groups is 2. The standard InChI is InChI=1S/C15H25NO3/c17-14(10-9-12-6-2-1-3-7-12)16-11-5-4-8-13(16)15(18)19/h12-13H,1-11H2,(H,18,19). The molecule has 0 radical (unpaired) electrons. The molecular formula is C15H25NO3. The predicted molar refractivity (Wildman–Crippen MR) is 72.8 cm³/mol. The molecule has 19 heavy (non-hydrogen) atoms. The zero-order valence-electron chi connectivity index (χ0n) is 11.6. The van der Waals surface area contributed by atoms with Crippen LogP contribution in [0.3, 0.4) is 0 Å². The van der Waals surface area contributed by atoms with Gasteiger partial charge in [-0.05, 0) is 31.6 Å². The van der Waals surface area contributed by atoms with Crippen molar-refractivity contribution >= 4 is 11.9 Å². The molecule has 4 heteroatoms. The first-order valence-electron chi connectivity index (χ1n) is 7.71. The summed E-state index contributed by atoms with van der Waals surface area (Å²) in [6.07, 6.45) is 10.4. The maximum absolute atomic E-state index is 12.2. The average Bonchev–Trinajstić information content (AvgIpc) is 2.46. The van der Waals surface area contributed by atoms with Crippen molar-refractivity contribution in [1.82, 2.24) is 4.90 Å². The molecule has 0 aromatic heterocycles. The van der Waals surface area contributed by atoms with Gasteiger partial charge in [0.05, 0.1) is 0 Å². The first kappa shape index (κ1) is 14.4. The lowest BCUT2D eigenvalue weighted by Crippen LogP contribution is -2.48. The summed E-state index contributed by atoms with van der Waals surface area (Å²) in [6, 6.07) is -0.576. The molecule has 1 atom stereocenters. The first-order chi connectivity index (χ1) is 9.18. The summed E-state index contributed by atoms with van der Waals surface area (Å²) >= 11 is 0. The van der Waals surface area contributed by atoms with Crippen molar-refractivity contribution in [2.45, 2.75) is 70.3 Å². The van der Waals surface area contributed by atoms with Crippen LogP contribution < -0.4 is 0 Å². The number of piperidine rings is 1. The second-order valence-corrected chi connectivity index (χ2v) is 5.98. The minimum Gasteiger partial charge on any atom is -0.480 e. The van der Waals surface area contributed by atoms with E-state index in [0.29, 0.717) is 25.3 Å². The molecule has 0 spiro atoms. The lowest BCUT2D eigenvalue weighted by molar-refractivity contribution is -0.152. The van der Waals surface area contributed by atoms with Gasteiger partial charge in [-0.3, -0.25) is 4.79 Å². The number of amides is 1. The Hall–Kier alpha value is -1.06. The van der Waals surface area contributed by atoms with Crippen LogP contribution in [0.4, 0.5) is 0 Å². The minimum absolute atomic E-state index is 0.0534. The van der Waals surface area contributed by atoms with Gasteiger partial charge in [0.1, 0.15) is 6.04 Å². The van der Waals surface area contributed by atoms with Crippen LogP contribution in [0.25, 0.3) is 0 Å². The van der Waals surface area contributed by atoms with Crippen molar-refractivity contribution in [3.63, 3.8) is 0 Å². The zero-order valence-corrected chi connectivity index (χ0v) is 11.6. The SMILES string of the molecule is O=C(O)C1CCCCN1C(=O)CCC1CCCCC1. The van der Waals surface area contributed by atoms with Gasteiger partial charge in [-0.15, -0.1) is 0 Å². The summed E-state index contributed by atoms with van der Waals surface area (Å²) < 4.78 is 0. The number of carboxylic acids is 1. The third kappa shape index (κ3) is 3.95. The van der Waals surface area contributed by atoms with Gasteiger partial charge in [-0.25, -0.2) is 4.79 Å². The third-order valence-electron chi connectivity index (χ3n) is 4.60. The number of carbonyl (C=O) groups excluding carboxylic acids is 1. The number of aliphatic carboxylic acids is 1. The molecule has 0 bridgehead atoms. The van der Waals surface area contributed by atoms with Crippen LogP contribution in [-0.4, -0.2) is 34.5 Å². The van der Waals surface area contributed by atoms with E-state index in [0.717, 1.165) is 19.3 Å². The van der Waals surface area contributed by atoms with E-state index >= 15 is 0 Å². The summed E-state index contributed by atoms with van der Waals surface area (Å²) in [7, 11) is 0. The van der Waals surface area contributed by atoms with Crippen LogP contribution in [0.15, 0.2) is 0 Å². The number of likely N-dealkylation sites (tertiary alicyclic amines) is 1. The molecule has 1 amide bonds. The van der Waals surface area contributed by atoms with Crippen LogP contribution in [-0.2, 0) is 9.59 Å². The fourth-order valence-electron chi connectivity index (χ4n) is 3.43. The third-order valence-corrected chi connectivity index (χ3v) is 4.60. The normalized spacial score (nSPS) is 25.3. The molecule has 0 aromatic carbocycles. The second kappa shape index (κ2) is 6.92. The molecule has 2 rings (SSSR count). The Morgan fingerprint density at radius 1 is 1.00 bits per heavy atom. The molecule has 1 aliphatic heterocycles. The van der Waals surface area contributed by atoms with Gasteiger partial charge in [-0.1, -0.05) is 32.1 Å². The fraction of sp³-hybridized carbons (Fsp3) is 0.867. The molecule has 108 valence electrons. The van der Waals surface area contributed by atoms with Gasteiger partial charge in [0, 0.05) is 13.0 Å². The van der Waals surface area contributed by atoms with Crippen molar-refractivity contribution in [3.8, 4) is 0 Å². The lowest BCUT2D eigenvalue weighted by atomic mass is 9.86. The molecule has 4 nitrogen and oxygen atoms in total. The Morgan fingerprint density at radius 2 is 1.68 bits per heavy atom. The van der Waals surface area contributed by atoms with Crippen molar-refractivity contribution < 1.29 is 14.7 Å². The predicted octanol–water partition coefficient (Wildman–Crippen LogP) is 2.81. The van der Waals surface area contributed by atoms with Crippen LogP contribution >= 0.6 is 0 Å². The highest BCUT2D eigenvalue weighted by Crippen LogP contribution is 2.28. The maximum atomic E-state index is 12.2. The van der Waals surface area contributed by atoms with Crippen molar-refractivity contribution in [2.24, 2.45) is 5.92 Å². The van der Waals surface area contributed by atoms with E-state index < -0.39 is 12.0 Å². The second-order valence-electron chi connectivity index (χ2n) is 5.98. The van der Waals surface area contributed by atoms with Crippen molar-refractivity contribution in [3.05, 3.63) is 0 Å². The zero-order chi connectivity index (χ0) is 13.7. The van der Waals surface area contributed by atoms with Gasteiger partial charge in [0.15, 0.2) is 0 Å². The maximum Gasteiger partial charge on any atom is 0.326 e. The number of hydrogen-bond donors (Lipinski definition) is 1. The Morgan fingerprint density at radius 3 is 2.37 bits per heavy atom. The lowest BCUT2D eigenvalue weighted by Gasteiger charge is -2.33. The topological polar surface area (TPSA) is 57.6 Å². The van der Waals surface area contributed by atoms with E-state index in [-0.39, 0.29) is 5.91 Å². The molecule has 2 fully saturated rings. The van der Waals surface area contributed by atoms with E-state index in [1.54, 1.807) is 4.90 Å². The molecule has 1 saturated carbocycles. The van der Waals surface area contributed by atoms with Crippen molar-refractivity contribution in [1.29, 1.82) is 0 Å². The van der Waals surface area contributed by atoms with Crippen LogP contribution in [0.5, 0.6) is 0 Å². The Bertz CT molecular complexity index is 323. The summed E-state index contributed by atoms with van der Waals surface area (Å²) in [5, 5.41) is 9.18. The molecule has 1 heterocycles. The number of hydrogen-bond acceptors (Lipinski definition) is 2. The molecule has 0 aromatic rings. The van der Waals surface area contributed by atoms with Gasteiger partial charge in [0.25, 0.3) is 0 Å². The van der Waals surface area contributed by atoms with Gasteiger partial charge in [0.2, 0.25) is 5.91 Å². The monoisotopic (exact) mass is 267 g/mol. The molecule has 1 N–H and O–H groups in total. The summed E-state index contributed by atoms with van der Waals surface area (Å²) in [5.74, 6) is -0.103. The Labute approximate surface area is 115 Å². The number of nitrogens with zero attached hydrogens (tertiary/aromatic N) is 1. The fourth-order valence-corrected chi connectivity index (χ4v) is 3.43. The Balaban J connectivity index is 1.81. The molecule has 1 saturated heterocycles. The molecule has 1 unspecified atom stereocenters. The van der Waals surface area contributed by atoms with E-state index in [1.165, 1.54) is 32.1 Å². The minimum atomic E-state index is -0.842. The summed E-state index contributed by atoms with van der Waals surface area (Å²) in [5.41, 5.74) is 0. The van der Waals surface area contributed by atoms with Gasteiger partial charge in [-0.2, -0.15) is 0 Å². The van der Waals surface area contributed by atoms with Crippen LogP contribution in [0.2, 0.25) is 0 Å². The van der Waals surface area contributed by atoms with Crippen molar-refractivity contribution in [2.75, 3.05) is 6.54 Å². The van der Waals surface area contributed by atoms with Gasteiger partial charge >= 0.3 is 5.97 Å². The average molecular weight is 267 g/mol. The summed E-state index contributed by atoms with van der Waals surface area (Å²) in [4.78, 5) is 25.0. The van der Waals surface area contributed by atoms with Crippen LogP contribution in [0, 0.1) is 5.92 Å². The highest BCUT2D eigenvalue weighted by atomic mass is 16.4. The molecule has 2 aliphatic rings. The van der Waals surface area contributed by atoms with Gasteiger partial charge < -0.3 is 10.0 Å². The van der Waals surface area contributed by atoms with E-state index in [9.17, 15) is 14.7 Å². The van der Waals surface area contributed by atoms with E-state index in [4.69, 9.17) is 0 Å². The first-order valence-corrected chi connectivity index (χ1v) is 7.71. The number of rotatable bonds is 4. The number of carboxylic acid groups (broad SMARTS) is 1. The smallest absolute Gasteiger partial charge is 0.326 e. The molecule has 1 aliphatic carbocycles. The van der Waals surface area contributed by atoms with E-state index in [1.807, 2.05) is 0 Å². The quantitative estimate of drug-likeness (QED) is 0.852. The largest absolute Gasteiger partial charge is 0.480 e. The summed E-state index contributed by atoms with van der Waals surface area (Å²) in [6.45, 7) is 0.625. The van der Waals surface area contributed by atoms with E-state index in [2.05, 4.69) is 0 Å². The molecular weight excluding hydrogens is 242 g/mol. The highest BCUT2D eigenvalue weighted by Gasteiger charge is 2.31. The Kier molecular flexibility index (Phi) is 5.23. The van der Waals surface area contributed by atoms with Crippen LogP contribution in [0.1, 0.15) is 64.2 Å².